The number of hydrogen-bond donors (Lipinski definition) is 2. The number of carbonyl (C=O) groups excluding carboxylic acids is 2. The maximum absolute atomic E-state index is 14.0. The van der Waals surface area contributed by atoms with Gasteiger partial charge in [-0.25, -0.2) is 36.7 Å². The van der Waals surface area contributed by atoms with Gasteiger partial charge >= 0.3 is 0 Å². The van der Waals surface area contributed by atoms with Gasteiger partial charge in [-0.15, -0.1) is 0 Å². The highest BCUT2D eigenvalue weighted by Crippen LogP contribution is 2.41. The second-order valence-electron chi connectivity index (χ2n) is 10.8. The van der Waals surface area contributed by atoms with Gasteiger partial charge in [0.05, 0.1) is 41.8 Å². The first-order valence-corrected chi connectivity index (χ1v) is 13.3. The van der Waals surface area contributed by atoms with Crippen molar-refractivity contribution in [3.63, 3.8) is 0 Å². The smallest absolute Gasteiger partial charge is 0.276 e. The zero-order valence-electron chi connectivity index (χ0n) is 22.5. The largest absolute Gasteiger partial charge is 0.381 e. The summed E-state index contributed by atoms with van der Waals surface area (Å²) in [5.41, 5.74) is -0.464. The first-order valence-electron chi connectivity index (χ1n) is 13.3. The number of carbonyl (C=O) groups is 2. The zero-order chi connectivity index (χ0) is 29.4. The number of ether oxygens (including phenoxy) is 1. The van der Waals surface area contributed by atoms with Gasteiger partial charge in [0, 0.05) is 33.0 Å². The van der Waals surface area contributed by atoms with Crippen LogP contribution in [0.5, 0.6) is 0 Å². The van der Waals surface area contributed by atoms with E-state index >= 15 is 0 Å². The van der Waals surface area contributed by atoms with Crippen molar-refractivity contribution in [2.75, 3.05) is 19.8 Å². The third-order valence-corrected chi connectivity index (χ3v) is 7.75. The molecule has 2 amide bonds. The van der Waals surface area contributed by atoms with Crippen LogP contribution in [0.4, 0.5) is 17.6 Å². The Morgan fingerprint density at radius 3 is 2.49 bits per heavy atom. The molecule has 2 N–H and O–H groups in total. The molecule has 1 aliphatic carbocycles. The van der Waals surface area contributed by atoms with Gasteiger partial charge in [0.2, 0.25) is 11.8 Å². The molecule has 41 heavy (non-hydrogen) atoms. The average Bonchev–Trinajstić information content (AvgIpc) is 3.56. The van der Waals surface area contributed by atoms with Gasteiger partial charge in [-0.1, -0.05) is 5.16 Å². The summed E-state index contributed by atoms with van der Waals surface area (Å²) in [6.07, 6.45) is 2.93. The highest BCUT2D eigenvalue weighted by atomic mass is 19.3. The second kappa shape index (κ2) is 10.9. The molecule has 3 aromatic heterocycles. The molecule has 0 spiro atoms. The molecule has 0 aromatic carbocycles. The van der Waals surface area contributed by atoms with Gasteiger partial charge in [0.15, 0.2) is 5.69 Å². The summed E-state index contributed by atoms with van der Waals surface area (Å²) in [5, 5.41) is 16.8. The molecule has 5 rings (SSSR count). The lowest BCUT2D eigenvalue weighted by molar-refractivity contribution is -0.132. The summed E-state index contributed by atoms with van der Waals surface area (Å²) >= 11 is 0. The van der Waals surface area contributed by atoms with E-state index in [-0.39, 0.29) is 80.5 Å². The molecular formula is C25H30F4N8O4. The number of nitrogens with zero attached hydrogens (tertiary/aromatic N) is 6. The number of aryl methyl sites for hydroxylation is 1. The predicted octanol–water partition coefficient (Wildman–Crippen LogP) is 2.93. The Morgan fingerprint density at radius 2 is 1.85 bits per heavy atom. The van der Waals surface area contributed by atoms with Crippen molar-refractivity contribution < 1.29 is 36.5 Å². The molecule has 16 heteroatoms. The lowest BCUT2D eigenvalue weighted by Gasteiger charge is -2.35. The van der Waals surface area contributed by atoms with Gasteiger partial charge in [0.1, 0.15) is 5.69 Å². The van der Waals surface area contributed by atoms with Crippen molar-refractivity contribution >= 4 is 17.6 Å². The van der Waals surface area contributed by atoms with Crippen LogP contribution in [0.3, 0.4) is 0 Å². The lowest BCUT2D eigenvalue weighted by atomic mass is 9.76. The van der Waals surface area contributed by atoms with Crippen molar-refractivity contribution in [3.05, 3.63) is 35.2 Å². The molecular weight excluding hydrogens is 552 g/mol. The number of alkyl halides is 4. The fourth-order valence-electron chi connectivity index (χ4n) is 5.37. The molecule has 222 valence electrons. The number of nitrogens with one attached hydrogen (secondary N) is 2. The van der Waals surface area contributed by atoms with Crippen LogP contribution >= 0.6 is 0 Å². The number of fused-ring (bicyclic) bond motifs is 1. The molecule has 2 aliphatic rings. The fourth-order valence-corrected chi connectivity index (χ4v) is 5.37. The Balaban J connectivity index is 1.47. The topological polar surface area (TPSA) is 149 Å². The summed E-state index contributed by atoms with van der Waals surface area (Å²) in [4.78, 5) is 35.3. The van der Waals surface area contributed by atoms with E-state index in [2.05, 4.69) is 40.6 Å². The Morgan fingerprint density at radius 1 is 1.15 bits per heavy atom. The van der Waals surface area contributed by atoms with Crippen LogP contribution < -0.4 is 10.6 Å². The third-order valence-electron chi connectivity index (χ3n) is 7.75. The molecule has 3 aromatic rings. The summed E-state index contributed by atoms with van der Waals surface area (Å²) < 4.78 is 66.3. The van der Waals surface area contributed by atoms with E-state index < -0.39 is 41.7 Å². The molecule has 0 bridgehead atoms. The van der Waals surface area contributed by atoms with Crippen LogP contribution in [0.2, 0.25) is 0 Å². The van der Waals surface area contributed by atoms with E-state index in [9.17, 15) is 27.2 Å². The Hall–Kier alpha value is -3.69. The number of rotatable bonds is 8. The minimum absolute atomic E-state index is 0.0384. The first kappa shape index (κ1) is 28.8. The second-order valence-corrected chi connectivity index (χ2v) is 10.8. The summed E-state index contributed by atoms with van der Waals surface area (Å²) in [6, 6.07) is -0.784. The summed E-state index contributed by atoms with van der Waals surface area (Å²) in [7, 11) is 0. The minimum Gasteiger partial charge on any atom is -0.381 e. The van der Waals surface area contributed by atoms with Crippen molar-refractivity contribution in [2.45, 2.75) is 75.7 Å². The van der Waals surface area contributed by atoms with Gasteiger partial charge in [-0.2, -0.15) is 5.10 Å². The number of aromatic nitrogens is 6. The van der Waals surface area contributed by atoms with Crippen LogP contribution in [0.1, 0.15) is 79.1 Å². The highest BCUT2D eigenvalue weighted by molar-refractivity contribution is 5.93. The third kappa shape index (κ3) is 6.16. The number of halogens is 4. The lowest BCUT2D eigenvalue weighted by Crippen LogP contribution is -2.50. The van der Waals surface area contributed by atoms with Gasteiger partial charge in [-0.3, -0.25) is 9.59 Å². The van der Waals surface area contributed by atoms with E-state index in [1.165, 1.54) is 16.9 Å². The number of hydrogen-bond acceptors (Lipinski definition) is 9. The van der Waals surface area contributed by atoms with E-state index in [4.69, 9.17) is 4.74 Å². The van der Waals surface area contributed by atoms with Crippen LogP contribution in [-0.4, -0.2) is 73.3 Å². The van der Waals surface area contributed by atoms with Crippen molar-refractivity contribution in [1.82, 2.24) is 40.5 Å². The Labute approximate surface area is 231 Å². The van der Waals surface area contributed by atoms with Crippen molar-refractivity contribution in [1.29, 1.82) is 0 Å². The van der Waals surface area contributed by atoms with Gasteiger partial charge in [0.25, 0.3) is 17.6 Å². The Kier molecular flexibility index (Phi) is 7.70. The van der Waals surface area contributed by atoms with Crippen LogP contribution in [0.15, 0.2) is 17.0 Å². The Bertz CT molecular complexity index is 1410. The molecule has 1 saturated carbocycles. The van der Waals surface area contributed by atoms with E-state index in [0.29, 0.717) is 12.6 Å². The van der Waals surface area contributed by atoms with E-state index in [0.717, 1.165) is 0 Å². The highest BCUT2D eigenvalue weighted by Gasteiger charge is 2.45. The normalized spacial score (nSPS) is 20.0. The maximum atomic E-state index is 14.0. The summed E-state index contributed by atoms with van der Waals surface area (Å²) in [5.74, 6) is -7.37. The van der Waals surface area contributed by atoms with Crippen molar-refractivity contribution in [2.24, 2.45) is 5.92 Å². The molecule has 0 unspecified atom stereocenters. The molecule has 1 saturated heterocycles. The summed E-state index contributed by atoms with van der Waals surface area (Å²) in [6.45, 7) is 1.87. The number of imidazole rings is 1. The fraction of sp³-hybridized carbons (Fsp3) is 0.640. The molecule has 4 heterocycles. The van der Waals surface area contributed by atoms with Gasteiger partial charge < -0.3 is 15.4 Å². The van der Waals surface area contributed by atoms with Crippen molar-refractivity contribution in [3.8, 4) is 0 Å². The van der Waals surface area contributed by atoms with E-state index in [1.807, 2.05) is 0 Å². The molecule has 1 atom stereocenters. The SMILES string of the molecule is Cc1nonc1C(=O)N[C@H](c1cn2ncc(C3(C(=O)NCC(C)(F)F)CCOCC3)nc2n1)C1CCC(F)(F)CC1. The molecule has 12 nitrogen and oxygen atoms in total. The number of amides is 2. The van der Waals surface area contributed by atoms with E-state index in [1.54, 1.807) is 6.92 Å². The zero-order valence-corrected chi connectivity index (χ0v) is 22.5. The minimum atomic E-state index is -3.10. The van der Waals surface area contributed by atoms with Crippen LogP contribution in [0.25, 0.3) is 5.78 Å². The maximum Gasteiger partial charge on any atom is 0.276 e. The molecule has 1 aliphatic heterocycles. The molecule has 2 fully saturated rings. The van der Waals surface area contributed by atoms with Crippen LogP contribution in [-0.2, 0) is 14.9 Å². The predicted molar refractivity (Wildman–Crippen MR) is 132 cm³/mol. The first-order chi connectivity index (χ1) is 19.4. The standard InChI is InChI=1S/C25H30F4N8O4/c1-14-18(36-41-35-14)20(38)34-19(15-3-5-25(28,29)6-4-15)16-12-37-22(32-16)33-17(11-31-37)24(7-9-40-10-8-24)21(39)30-13-23(2,26)27/h11-12,15,19H,3-10,13H2,1-2H3,(H,30,39)(H,34,38)/t19-/m0/s1. The molecule has 0 radical (unpaired) electrons. The van der Waals surface area contributed by atoms with Crippen LogP contribution in [0, 0.1) is 12.8 Å². The average molecular weight is 583 g/mol. The van der Waals surface area contributed by atoms with Gasteiger partial charge in [-0.05, 0) is 43.7 Å². The monoisotopic (exact) mass is 582 g/mol. The quantitative estimate of drug-likeness (QED) is 0.382.